The van der Waals surface area contributed by atoms with Crippen molar-refractivity contribution in [2.24, 2.45) is 5.92 Å². The van der Waals surface area contributed by atoms with Crippen LogP contribution in [0.3, 0.4) is 0 Å². The van der Waals surface area contributed by atoms with Gasteiger partial charge in [0.1, 0.15) is 6.10 Å². The van der Waals surface area contributed by atoms with Gasteiger partial charge in [-0.2, -0.15) is 0 Å². The number of esters is 3. The van der Waals surface area contributed by atoms with E-state index in [1.807, 2.05) is 14.0 Å². The van der Waals surface area contributed by atoms with Gasteiger partial charge in [0, 0.05) is 50.2 Å². The van der Waals surface area contributed by atoms with Crippen molar-refractivity contribution in [3.63, 3.8) is 0 Å². The molecule has 0 spiro atoms. The van der Waals surface area contributed by atoms with E-state index in [-0.39, 0.29) is 41.4 Å². The second-order valence-electron chi connectivity index (χ2n) is 8.22. The van der Waals surface area contributed by atoms with Crippen molar-refractivity contribution in [3.05, 3.63) is 35.1 Å². The quantitative estimate of drug-likeness (QED) is 0.468. The Bertz CT molecular complexity index is 1010. The van der Waals surface area contributed by atoms with Crippen LogP contribution in [0.1, 0.15) is 57.3 Å². The van der Waals surface area contributed by atoms with E-state index in [0.717, 1.165) is 0 Å². The molecule has 178 valence electrons. The Balaban J connectivity index is 2.34. The molecule has 0 N–H and O–H groups in total. The molecule has 2 aliphatic rings. The van der Waals surface area contributed by atoms with E-state index >= 15 is 0 Å². The normalized spacial score (nSPS) is 23.7. The van der Waals surface area contributed by atoms with E-state index in [0.29, 0.717) is 17.7 Å². The van der Waals surface area contributed by atoms with Crippen molar-refractivity contribution in [1.82, 2.24) is 4.90 Å². The van der Waals surface area contributed by atoms with E-state index in [1.54, 1.807) is 12.1 Å². The number of benzene rings is 1. The van der Waals surface area contributed by atoms with Crippen molar-refractivity contribution in [2.75, 3.05) is 20.7 Å². The summed E-state index contributed by atoms with van der Waals surface area (Å²) in [6.07, 6.45) is 1.13. The molecular formula is C24H29NO8. The molecule has 3 rings (SSSR count). The smallest absolute Gasteiger partial charge is 0.308 e. The summed E-state index contributed by atoms with van der Waals surface area (Å²) in [4.78, 5) is 50.6. The third kappa shape index (κ3) is 4.78. The van der Waals surface area contributed by atoms with Crippen molar-refractivity contribution in [1.29, 1.82) is 0 Å². The lowest BCUT2D eigenvalue weighted by molar-refractivity contribution is -0.153. The maximum absolute atomic E-state index is 12.8. The first kappa shape index (κ1) is 24.4. The highest BCUT2D eigenvalue weighted by atomic mass is 16.6. The Morgan fingerprint density at radius 3 is 2.27 bits per heavy atom. The average molecular weight is 459 g/mol. The number of Topliss-reactive ketones (excluding diaryl/α,β-unsaturated/α-hetero) is 1. The van der Waals surface area contributed by atoms with Gasteiger partial charge >= 0.3 is 17.9 Å². The van der Waals surface area contributed by atoms with E-state index < -0.39 is 29.9 Å². The SMILES string of the molecule is CCN(C)C1C(OC(C)=O)c2ccc(OC(C)=O)c(OC(C)=O)c2C2CC(=O)C(OC)=CC21. The number of hydrogen-bond acceptors (Lipinski definition) is 9. The second kappa shape index (κ2) is 9.74. The van der Waals surface area contributed by atoms with Gasteiger partial charge in [-0.15, -0.1) is 0 Å². The van der Waals surface area contributed by atoms with Crippen molar-refractivity contribution in [3.8, 4) is 11.5 Å². The van der Waals surface area contributed by atoms with Gasteiger partial charge in [0.2, 0.25) is 0 Å². The molecule has 0 saturated carbocycles. The fourth-order valence-corrected chi connectivity index (χ4v) is 4.78. The molecule has 33 heavy (non-hydrogen) atoms. The van der Waals surface area contributed by atoms with Crippen LogP contribution in [-0.4, -0.2) is 55.3 Å². The number of fused-ring (bicyclic) bond motifs is 3. The minimum absolute atomic E-state index is 0.0574. The van der Waals surface area contributed by atoms with Crippen molar-refractivity contribution in [2.45, 2.75) is 52.2 Å². The fourth-order valence-electron chi connectivity index (χ4n) is 4.78. The van der Waals surface area contributed by atoms with Gasteiger partial charge in [0.25, 0.3) is 0 Å². The topological polar surface area (TPSA) is 108 Å². The molecule has 1 aromatic carbocycles. The monoisotopic (exact) mass is 459 g/mol. The Hall–Kier alpha value is -3.20. The lowest BCUT2D eigenvalue weighted by atomic mass is 9.65. The molecule has 0 heterocycles. The lowest BCUT2D eigenvalue weighted by Crippen LogP contribution is -2.50. The molecule has 9 heteroatoms. The molecule has 0 amide bonds. The Morgan fingerprint density at radius 1 is 1.06 bits per heavy atom. The molecule has 9 nitrogen and oxygen atoms in total. The lowest BCUT2D eigenvalue weighted by Gasteiger charge is -2.47. The molecule has 0 bridgehead atoms. The summed E-state index contributed by atoms with van der Waals surface area (Å²) >= 11 is 0. The minimum atomic E-state index is -0.716. The Labute approximate surface area is 192 Å². The highest BCUT2D eigenvalue weighted by Gasteiger charge is 2.50. The number of carbonyl (C=O) groups is 4. The number of likely N-dealkylation sites (N-methyl/N-ethyl adjacent to an activating group) is 1. The molecule has 4 unspecified atom stereocenters. The van der Waals surface area contributed by atoms with Gasteiger partial charge in [-0.25, -0.2) is 0 Å². The third-order valence-corrected chi connectivity index (χ3v) is 6.08. The maximum atomic E-state index is 12.8. The zero-order valence-corrected chi connectivity index (χ0v) is 19.7. The van der Waals surface area contributed by atoms with Crippen LogP contribution < -0.4 is 9.47 Å². The molecule has 0 aromatic heterocycles. The summed E-state index contributed by atoms with van der Waals surface area (Å²) in [6.45, 7) is 6.45. The number of nitrogens with zero attached hydrogens (tertiary/aromatic N) is 1. The van der Waals surface area contributed by atoms with Gasteiger partial charge in [-0.3, -0.25) is 24.1 Å². The summed E-state index contributed by atoms with van der Waals surface area (Å²) in [5.41, 5.74) is 1.12. The highest BCUT2D eigenvalue weighted by Crippen LogP contribution is 2.54. The molecule has 1 aromatic rings. The van der Waals surface area contributed by atoms with Gasteiger partial charge in [0.15, 0.2) is 23.0 Å². The molecule has 0 saturated heterocycles. The first-order valence-electron chi connectivity index (χ1n) is 10.8. The molecule has 0 aliphatic heterocycles. The third-order valence-electron chi connectivity index (χ3n) is 6.08. The maximum Gasteiger partial charge on any atom is 0.308 e. The number of allylic oxidation sites excluding steroid dienone is 1. The minimum Gasteiger partial charge on any atom is -0.493 e. The van der Waals surface area contributed by atoms with Crippen LogP contribution in [0.2, 0.25) is 0 Å². The van der Waals surface area contributed by atoms with Crippen molar-refractivity contribution < 1.29 is 38.1 Å². The Morgan fingerprint density at radius 2 is 1.73 bits per heavy atom. The molecular weight excluding hydrogens is 430 g/mol. The van der Waals surface area contributed by atoms with Gasteiger partial charge in [-0.05, 0) is 25.7 Å². The zero-order valence-electron chi connectivity index (χ0n) is 19.7. The fraction of sp³-hybridized carbons (Fsp3) is 0.500. The van der Waals surface area contributed by atoms with Gasteiger partial charge < -0.3 is 18.9 Å². The van der Waals surface area contributed by atoms with E-state index in [1.165, 1.54) is 33.9 Å². The number of ketones is 1. The summed E-state index contributed by atoms with van der Waals surface area (Å²) in [7, 11) is 3.35. The first-order valence-corrected chi connectivity index (χ1v) is 10.8. The number of ether oxygens (including phenoxy) is 4. The number of rotatable bonds is 6. The molecule has 4 atom stereocenters. The van der Waals surface area contributed by atoms with Crippen LogP contribution in [0.15, 0.2) is 24.0 Å². The van der Waals surface area contributed by atoms with Crippen molar-refractivity contribution >= 4 is 23.7 Å². The summed E-state index contributed by atoms with van der Waals surface area (Å²) < 4.78 is 22.0. The zero-order chi connectivity index (χ0) is 24.4. The predicted octanol–water partition coefficient (Wildman–Crippen LogP) is 2.68. The van der Waals surface area contributed by atoms with Crippen LogP contribution in [0.5, 0.6) is 11.5 Å². The largest absolute Gasteiger partial charge is 0.493 e. The highest BCUT2D eigenvalue weighted by molar-refractivity contribution is 5.95. The van der Waals surface area contributed by atoms with Crippen LogP contribution in [-0.2, 0) is 28.7 Å². The van der Waals surface area contributed by atoms with Gasteiger partial charge in [0.05, 0.1) is 13.2 Å². The first-order chi connectivity index (χ1) is 15.6. The average Bonchev–Trinajstić information content (AvgIpc) is 2.73. The molecule has 0 radical (unpaired) electrons. The predicted molar refractivity (Wildman–Crippen MR) is 117 cm³/mol. The number of carbonyl (C=O) groups excluding carboxylic acids is 4. The van der Waals surface area contributed by atoms with Crippen LogP contribution in [0.4, 0.5) is 0 Å². The summed E-state index contributed by atoms with van der Waals surface area (Å²) in [5, 5.41) is 0. The van der Waals surface area contributed by atoms with E-state index in [4.69, 9.17) is 18.9 Å². The van der Waals surface area contributed by atoms with E-state index in [9.17, 15) is 19.2 Å². The molecule has 0 fully saturated rings. The second-order valence-corrected chi connectivity index (χ2v) is 8.22. The van der Waals surface area contributed by atoms with Crippen LogP contribution in [0, 0.1) is 5.92 Å². The standard InChI is InChI=1S/C24H29NO8/c1-7-25(5)22-17-11-20(30-6)18(29)10-16(17)21-15(23(22)32-13(3)27)8-9-19(31-12(2)26)24(21)33-14(4)28/h8-9,11,16-17,22-23H,7,10H2,1-6H3. The van der Waals surface area contributed by atoms with Crippen LogP contribution >= 0.6 is 0 Å². The Kier molecular flexibility index (Phi) is 7.22. The van der Waals surface area contributed by atoms with Crippen LogP contribution in [0.25, 0.3) is 0 Å². The summed E-state index contributed by atoms with van der Waals surface area (Å²) in [6, 6.07) is 2.90. The van der Waals surface area contributed by atoms with Gasteiger partial charge in [-0.1, -0.05) is 13.0 Å². The molecule has 2 aliphatic carbocycles. The van der Waals surface area contributed by atoms with E-state index in [2.05, 4.69) is 4.90 Å². The number of methoxy groups -OCH3 is 1. The summed E-state index contributed by atoms with van der Waals surface area (Å²) in [5.74, 6) is -2.22. The number of hydrogen-bond donors (Lipinski definition) is 0.